The highest BCUT2D eigenvalue weighted by Crippen LogP contribution is 2.37. The molecule has 4 aliphatic heterocycles. The summed E-state index contributed by atoms with van der Waals surface area (Å²) >= 11 is 0. The number of fused-ring (bicyclic) bond motifs is 12. The van der Waals surface area contributed by atoms with Gasteiger partial charge in [-0.15, -0.1) is 0 Å². The molecule has 81 heavy (non-hydrogen) atoms. The summed E-state index contributed by atoms with van der Waals surface area (Å²) in [4.78, 5) is 0. The second-order valence-corrected chi connectivity index (χ2v) is 21.2. The van der Waals surface area contributed by atoms with E-state index < -0.39 is 20.6 Å². The minimum Gasteiger partial charge on any atom is -0.194 e. The van der Waals surface area contributed by atoms with Crippen LogP contribution in [0.25, 0.3) is 89.5 Å². The largest absolute Gasteiger partial charge is 0.216 e. The summed E-state index contributed by atoms with van der Waals surface area (Å²) in [6.07, 6.45) is 6.05. The van der Waals surface area contributed by atoms with Gasteiger partial charge >= 0.3 is 0 Å². The van der Waals surface area contributed by atoms with Crippen molar-refractivity contribution in [1.82, 2.24) is 0 Å². The molecule has 0 spiro atoms. The molecule has 0 unspecified atom stereocenters. The highest BCUT2D eigenvalue weighted by Gasteiger charge is 2.32. The predicted octanol–water partition coefficient (Wildman–Crippen LogP) is 16.2. The summed E-state index contributed by atoms with van der Waals surface area (Å²) in [5.74, 6) is 0. The number of rotatable bonds is 4. The van der Waals surface area contributed by atoms with Crippen LogP contribution in [0.4, 0.5) is 0 Å². The van der Waals surface area contributed by atoms with E-state index >= 15 is 0 Å². The van der Waals surface area contributed by atoms with Crippen molar-refractivity contribution in [3.63, 3.8) is 0 Å². The molecular formula is C77H66N4+4. The smallest absolute Gasteiger partial charge is 0.194 e. The van der Waals surface area contributed by atoms with Gasteiger partial charge in [0.2, 0.25) is 22.8 Å². The van der Waals surface area contributed by atoms with Crippen LogP contribution < -0.4 is 18.3 Å². The van der Waals surface area contributed by atoms with Gasteiger partial charge < -0.3 is 0 Å². The van der Waals surface area contributed by atoms with Crippen LogP contribution >= 0.6 is 0 Å². The lowest BCUT2D eigenvalue weighted by atomic mass is 9.97. The highest BCUT2D eigenvalue weighted by atomic mass is 15.0. The zero-order valence-corrected chi connectivity index (χ0v) is 45.4. The zero-order chi connectivity index (χ0) is 62.5. The van der Waals surface area contributed by atoms with Gasteiger partial charge in [-0.05, 0) is 108 Å². The monoisotopic (exact) mass is 1060 g/mol. The second-order valence-electron chi connectivity index (χ2n) is 21.2. The summed E-state index contributed by atoms with van der Waals surface area (Å²) in [6, 6.07) is 81.3. The van der Waals surface area contributed by atoms with E-state index in [0.29, 0.717) is 23.4 Å². The minimum absolute atomic E-state index is 0.399. The van der Waals surface area contributed by atoms with Gasteiger partial charge in [-0.2, -0.15) is 18.3 Å². The Hall–Kier alpha value is -9.64. The fourth-order valence-corrected chi connectivity index (χ4v) is 12.2. The normalized spacial score (nSPS) is 14.2. The lowest BCUT2D eigenvalue weighted by Gasteiger charge is -2.08. The fraction of sp³-hybridized carbons (Fsp3) is 0.117. The molecule has 0 atom stereocenters. The Morgan fingerprint density at radius 2 is 0.802 bits per heavy atom. The van der Waals surface area contributed by atoms with E-state index in [2.05, 4.69) is 131 Å². The average molecular weight is 1060 g/mol. The van der Waals surface area contributed by atoms with Crippen molar-refractivity contribution in [2.75, 3.05) is 0 Å². The van der Waals surface area contributed by atoms with E-state index in [4.69, 9.17) is 12.3 Å². The predicted molar refractivity (Wildman–Crippen MR) is 330 cm³/mol. The first kappa shape index (κ1) is 41.4. The van der Waals surface area contributed by atoms with Crippen molar-refractivity contribution in [1.29, 1.82) is 0 Å². The van der Waals surface area contributed by atoms with Gasteiger partial charge in [-0.1, -0.05) is 182 Å². The Labute approximate surface area is 490 Å². The molecule has 8 aromatic carbocycles. The molecular weight excluding hydrogens is 981 g/mol. The van der Waals surface area contributed by atoms with Crippen LogP contribution in [-0.2, 0) is 26.2 Å². The zero-order valence-electron chi connectivity index (χ0n) is 54.4. The third-order valence-electron chi connectivity index (χ3n) is 16.2. The molecule has 0 aliphatic carbocycles. The molecule has 0 fully saturated rings. The molecule has 4 aliphatic rings. The van der Waals surface area contributed by atoms with Gasteiger partial charge in [0.15, 0.2) is 50.5 Å². The Kier molecular flexibility index (Phi) is 11.2. The van der Waals surface area contributed by atoms with Crippen LogP contribution in [0.3, 0.4) is 0 Å². The molecule has 0 radical (unpaired) electrons. The summed E-state index contributed by atoms with van der Waals surface area (Å²) < 4.78 is 79.9. The SMILES string of the molecule is Cc1c(-c2ccccc2)cc[n+]2c1-c1ccccc1C2.[2H]C([2H])([2H])c1c(-c2ccccc2C)ccc2[n+]1Cc1ccccc1-2.[2H]C([2H])([2H])c1c[n+]2c(cc1-c1ccccc1)-c1ccccc1C2.[2H]C([2H])([2H])c1ccccc1-c1cc[n+]2c(c1)-c1ccccc1C2. The maximum atomic E-state index is 8.12. The third-order valence-corrected chi connectivity index (χ3v) is 16.2. The third kappa shape index (κ3) is 9.78. The molecule has 4 nitrogen and oxygen atoms in total. The fourth-order valence-electron chi connectivity index (χ4n) is 12.2. The van der Waals surface area contributed by atoms with E-state index in [1.165, 1.54) is 61.3 Å². The number of hydrogen-bond acceptors (Lipinski definition) is 0. The Morgan fingerprint density at radius 1 is 0.309 bits per heavy atom. The van der Waals surface area contributed by atoms with Crippen LogP contribution in [0, 0.1) is 34.4 Å². The number of aromatic nitrogens is 4. The van der Waals surface area contributed by atoms with Gasteiger partial charge in [0, 0.05) is 88.5 Å². The number of aryl methyl sites for hydroxylation is 3. The molecule has 0 N–H and O–H groups in total. The van der Waals surface area contributed by atoms with E-state index in [1.54, 1.807) is 18.3 Å². The van der Waals surface area contributed by atoms with Crippen LogP contribution in [-0.4, -0.2) is 0 Å². The maximum Gasteiger partial charge on any atom is 0.216 e. The van der Waals surface area contributed by atoms with Crippen molar-refractivity contribution in [3.8, 4) is 89.5 Å². The molecule has 0 saturated carbocycles. The molecule has 4 aromatic heterocycles. The number of nitrogens with zero attached hydrogens (tertiary/aromatic N) is 4. The Bertz CT molecular complexity index is 4700. The lowest BCUT2D eigenvalue weighted by Crippen LogP contribution is -2.36. The molecule has 0 amide bonds. The number of pyridine rings is 4. The van der Waals surface area contributed by atoms with Gasteiger partial charge in [0.25, 0.3) is 0 Å². The molecule has 16 rings (SSSR count). The first-order chi connectivity index (χ1) is 43.4. The average Bonchev–Trinajstić information content (AvgIpc) is 1.57. The second kappa shape index (κ2) is 21.9. The van der Waals surface area contributed by atoms with Crippen LogP contribution in [0.2, 0.25) is 0 Å². The lowest BCUT2D eigenvalue weighted by molar-refractivity contribution is -0.677. The van der Waals surface area contributed by atoms with Gasteiger partial charge in [-0.25, -0.2) is 0 Å². The number of hydrogen-bond donors (Lipinski definition) is 0. The Morgan fingerprint density at radius 3 is 1.44 bits per heavy atom. The van der Waals surface area contributed by atoms with Crippen molar-refractivity contribution in [3.05, 3.63) is 311 Å². The van der Waals surface area contributed by atoms with Gasteiger partial charge in [0.1, 0.15) is 0 Å². The summed E-state index contributed by atoms with van der Waals surface area (Å²) in [6.45, 7) is 1.02. The standard InChI is InChI=1S/C20H18N.3C19H16N/c1-14-7-3-5-9-17(14)18-11-12-20-19-10-6-4-8-16(19)13-21(20)15(18)2;1-14-6-2-4-8-17(14)15-10-11-20-13-16-7-3-5-9-18(16)19(20)12-15;1-14-12-20-13-16-9-5-6-10-17(16)19(20)11-18(14)15-7-3-2-4-8-15;1-14-17(15-7-3-2-4-8-15)11-12-20-13-16-9-5-6-10-18(16)19(14)20/h3-12H,13H2,1-2H3;3*2-12H,13H2,1H3/q4*+1/i2D3;2*1D3;. The van der Waals surface area contributed by atoms with Crippen molar-refractivity contribution >= 4 is 0 Å². The van der Waals surface area contributed by atoms with Crippen molar-refractivity contribution in [2.24, 2.45) is 0 Å². The maximum absolute atomic E-state index is 8.12. The van der Waals surface area contributed by atoms with E-state index in [0.717, 1.165) is 81.2 Å². The van der Waals surface area contributed by atoms with E-state index in [9.17, 15) is 0 Å². The van der Waals surface area contributed by atoms with Crippen molar-refractivity contribution in [2.45, 2.75) is 60.6 Å². The summed E-state index contributed by atoms with van der Waals surface area (Å²) in [5, 5.41) is 0. The van der Waals surface area contributed by atoms with Crippen molar-refractivity contribution < 1.29 is 30.6 Å². The van der Waals surface area contributed by atoms with Gasteiger partial charge in [-0.3, -0.25) is 0 Å². The van der Waals surface area contributed by atoms with Crippen LogP contribution in [0.15, 0.2) is 261 Å². The van der Waals surface area contributed by atoms with E-state index in [-0.39, 0.29) is 0 Å². The minimum atomic E-state index is -2.17. The first-order valence-corrected chi connectivity index (χ1v) is 27.7. The highest BCUT2D eigenvalue weighted by molar-refractivity contribution is 5.78. The summed E-state index contributed by atoms with van der Waals surface area (Å²) in [7, 11) is 0. The quantitative estimate of drug-likeness (QED) is 0.156. The molecule has 8 heterocycles. The first-order valence-electron chi connectivity index (χ1n) is 32.2. The van der Waals surface area contributed by atoms with Crippen LogP contribution in [0.5, 0.6) is 0 Å². The van der Waals surface area contributed by atoms with Crippen LogP contribution in [0.1, 0.15) is 62.5 Å². The molecule has 390 valence electrons. The van der Waals surface area contributed by atoms with Gasteiger partial charge in [0.05, 0.1) is 22.3 Å². The topological polar surface area (TPSA) is 15.5 Å². The van der Waals surface area contributed by atoms with E-state index in [1.807, 2.05) is 144 Å². The molecule has 12 aromatic rings. The molecule has 0 bridgehead atoms. The molecule has 0 saturated heterocycles. The number of benzene rings is 8. The summed E-state index contributed by atoms with van der Waals surface area (Å²) in [5.41, 5.74) is 26.1. The molecule has 4 heteroatoms. The Balaban J connectivity index is 0.000000110.